The highest BCUT2D eigenvalue weighted by molar-refractivity contribution is 5.85. The molecule has 0 unspecified atom stereocenters. The highest BCUT2D eigenvalue weighted by Crippen LogP contribution is 2.44. The van der Waals surface area contributed by atoms with Gasteiger partial charge in [0.05, 0.1) is 12.7 Å². The molecule has 0 spiro atoms. The smallest absolute Gasteiger partial charge is 0.416 e. The van der Waals surface area contributed by atoms with Crippen molar-refractivity contribution in [3.63, 3.8) is 0 Å². The lowest BCUT2D eigenvalue weighted by atomic mass is 9.88. The van der Waals surface area contributed by atoms with E-state index in [1.807, 2.05) is 0 Å². The Balaban J connectivity index is 0.00000225. The number of alkyl halides is 3. The van der Waals surface area contributed by atoms with Crippen LogP contribution < -0.4 is 10.1 Å². The van der Waals surface area contributed by atoms with Gasteiger partial charge in [0.2, 0.25) is 0 Å². The highest BCUT2D eigenvalue weighted by atomic mass is 35.5. The zero-order valence-corrected chi connectivity index (χ0v) is 15.3. The summed E-state index contributed by atoms with van der Waals surface area (Å²) in [5.41, 5.74) is 0.257. The number of nitrogens with zero attached hydrogens (tertiary/aromatic N) is 1. The first-order valence-corrected chi connectivity index (χ1v) is 8.70. The lowest BCUT2D eigenvalue weighted by Gasteiger charge is -2.39. The quantitative estimate of drug-likeness (QED) is 0.846. The Morgan fingerprint density at radius 1 is 1.16 bits per heavy atom. The van der Waals surface area contributed by atoms with Crippen LogP contribution in [-0.2, 0) is 6.18 Å². The second-order valence-corrected chi connectivity index (χ2v) is 6.73. The zero-order valence-electron chi connectivity index (χ0n) is 14.4. The van der Waals surface area contributed by atoms with E-state index in [-0.39, 0.29) is 18.4 Å². The van der Waals surface area contributed by atoms with Crippen molar-refractivity contribution in [2.75, 3.05) is 33.3 Å². The summed E-state index contributed by atoms with van der Waals surface area (Å²) in [7, 11) is 1.46. The normalized spacial score (nSPS) is 21.0. The minimum Gasteiger partial charge on any atom is -0.496 e. The van der Waals surface area contributed by atoms with E-state index in [1.165, 1.54) is 26.0 Å². The van der Waals surface area contributed by atoms with E-state index < -0.39 is 11.7 Å². The first-order chi connectivity index (χ1) is 11.5. The monoisotopic (exact) mass is 378 g/mol. The lowest BCUT2D eigenvalue weighted by Crippen LogP contribution is -2.46. The molecule has 1 aliphatic heterocycles. The number of rotatable bonds is 4. The first-order valence-electron chi connectivity index (χ1n) is 8.70. The van der Waals surface area contributed by atoms with Gasteiger partial charge in [0.25, 0.3) is 0 Å². The summed E-state index contributed by atoms with van der Waals surface area (Å²) in [5.74, 6) is 0.856. The Morgan fingerprint density at radius 3 is 2.36 bits per heavy atom. The maximum Gasteiger partial charge on any atom is 0.416 e. The molecule has 7 heteroatoms. The first kappa shape index (κ1) is 20.3. The molecule has 0 aromatic heterocycles. The fourth-order valence-electron chi connectivity index (χ4n) is 4.11. The Morgan fingerprint density at radius 2 is 1.80 bits per heavy atom. The number of hydrogen-bond acceptors (Lipinski definition) is 3. The van der Waals surface area contributed by atoms with Gasteiger partial charge in [-0.3, -0.25) is 4.90 Å². The largest absolute Gasteiger partial charge is 0.496 e. The van der Waals surface area contributed by atoms with Crippen LogP contribution >= 0.6 is 12.4 Å². The van der Waals surface area contributed by atoms with Crippen LogP contribution in [0, 0.1) is 5.92 Å². The third-order valence-electron chi connectivity index (χ3n) is 5.27. The summed E-state index contributed by atoms with van der Waals surface area (Å²) in [6, 6.07) is 4.13. The molecule has 1 heterocycles. The Hall–Kier alpha value is -0.980. The van der Waals surface area contributed by atoms with Crippen LogP contribution in [0.25, 0.3) is 0 Å². The second-order valence-electron chi connectivity index (χ2n) is 6.73. The van der Waals surface area contributed by atoms with Gasteiger partial charge in [-0.1, -0.05) is 18.9 Å². The van der Waals surface area contributed by atoms with Crippen molar-refractivity contribution >= 4 is 12.4 Å². The molecule has 142 valence electrons. The van der Waals surface area contributed by atoms with Crippen LogP contribution in [0.2, 0.25) is 0 Å². The van der Waals surface area contributed by atoms with Gasteiger partial charge in [-0.05, 0) is 30.9 Å². The zero-order chi connectivity index (χ0) is 17.2. The van der Waals surface area contributed by atoms with Gasteiger partial charge >= 0.3 is 6.18 Å². The number of piperazine rings is 1. The molecule has 0 amide bonds. The standard InChI is InChI=1S/C18H25F3N2O.ClH/c1-24-16-12-14(18(19,20)21)6-7-15(16)17(13-4-2-3-5-13)23-10-8-22-9-11-23;/h6-7,12-13,17,22H,2-5,8-11H2,1H3;1H/t17-;/m1./s1. The van der Waals surface area contributed by atoms with Crippen LogP contribution in [-0.4, -0.2) is 38.2 Å². The molecule has 0 radical (unpaired) electrons. The predicted octanol–water partition coefficient (Wildman–Crippen LogP) is 4.27. The second kappa shape index (κ2) is 8.60. The summed E-state index contributed by atoms with van der Waals surface area (Å²) in [4.78, 5) is 2.41. The van der Waals surface area contributed by atoms with Gasteiger partial charge in [-0.25, -0.2) is 0 Å². The minimum atomic E-state index is -4.34. The van der Waals surface area contributed by atoms with Crippen LogP contribution in [0.4, 0.5) is 13.2 Å². The van der Waals surface area contributed by atoms with E-state index in [0.717, 1.165) is 50.7 Å². The third kappa shape index (κ3) is 4.60. The molecule has 3 rings (SSSR count). The Kier molecular flexibility index (Phi) is 7.00. The molecule has 1 aromatic rings. The molecule has 0 bridgehead atoms. The van der Waals surface area contributed by atoms with E-state index in [2.05, 4.69) is 10.2 Å². The number of ether oxygens (including phenoxy) is 1. The molecule has 1 saturated carbocycles. The van der Waals surface area contributed by atoms with Gasteiger partial charge in [0.15, 0.2) is 0 Å². The minimum absolute atomic E-state index is 0. The molecule has 1 saturated heterocycles. The van der Waals surface area contributed by atoms with Crippen LogP contribution in [0.3, 0.4) is 0 Å². The van der Waals surface area contributed by atoms with Gasteiger partial charge < -0.3 is 10.1 Å². The van der Waals surface area contributed by atoms with Gasteiger partial charge in [0, 0.05) is 37.8 Å². The van der Waals surface area contributed by atoms with Crippen molar-refractivity contribution in [3.05, 3.63) is 29.3 Å². The van der Waals surface area contributed by atoms with Gasteiger partial charge in [0.1, 0.15) is 5.75 Å². The SMILES string of the molecule is COc1cc(C(F)(F)F)ccc1[C@@H](C1CCCC1)N1CCNCC1.Cl. The van der Waals surface area contributed by atoms with Crippen molar-refractivity contribution in [1.82, 2.24) is 10.2 Å². The Bertz CT molecular complexity index is 556. The van der Waals surface area contributed by atoms with E-state index in [4.69, 9.17) is 4.74 Å². The van der Waals surface area contributed by atoms with Crippen molar-refractivity contribution in [3.8, 4) is 5.75 Å². The van der Waals surface area contributed by atoms with Crippen molar-refractivity contribution in [2.24, 2.45) is 5.92 Å². The van der Waals surface area contributed by atoms with Crippen molar-refractivity contribution in [2.45, 2.75) is 37.9 Å². The molecule has 2 aliphatic rings. The molecule has 1 atom stereocenters. The fraction of sp³-hybridized carbons (Fsp3) is 0.667. The van der Waals surface area contributed by atoms with Crippen LogP contribution in [0.1, 0.15) is 42.9 Å². The third-order valence-corrected chi connectivity index (χ3v) is 5.27. The summed E-state index contributed by atoms with van der Waals surface area (Å²) in [6.45, 7) is 3.69. The summed E-state index contributed by atoms with van der Waals surface area (Å²) < 4.78 is 44.4. The molecular weight excluding hydrogens is 353 g/mol. The molecule has 1 N–H and O–H groups in total. The Labute approximate surface area is 153 Å². The van der Waals surface area contributed by atoms with Gasteiger partial charge in [-0.15, -0.1) is 12.4 Å². The molecule has 1 aromatic carbocycles. The highest BCUT2D eigenvalue weighted by Gasteiger charge is 2.36. The number of benzene rings is 1. The van der Waals surface area contributed by atoms with E-state index in [0.29, 0.717) is 11.7 Å². The fourth-order valence-corrected chi connectivity index (χ4v) is 4.11. The maximum atomic E-state index is 13.0. The molecule has 25 heavy (non-hydrogen) atoms. The van der Waals surface area contributed by atoms with Crippen LogP contribution in [0.15, 0.2) is 18.2 Å². The van der Waals surface area contributed by atoms with Crippen molar-refractivity contribution in [1.29, 1.82) is 0 Å². The lowest BCUT2D eigenvalue weighted by molar-refractivity contribution is -0.137. The number of methoxy groups -OCH3 is 1. The average Bonchev–Trinajstić information content (AvgIpc) is 3.09. The van der Waals surface area contributed by atoms with E-state index in [1.54, 1.807) is 6.07 Å². The number of hydrogen-bond donors (Lipinski definition) is 1. The number of nitrogens with one attached hydrogen (secondary N) is 1. The van der Waals surface area contributed by atoms with E-state index in [9.17, 15) is 13.2 Å². The molecule has 2 fully saturated rings. The number of halogens is 4. The van der Waals surface area contributed by atoms with Crippen molar-refractivity contribution < 1.29 is 17.9 Å². The summed E-state index contributed by atoms with van der Waals surface area (Å²) in [5, 5.41) is 3.35. The summed E-state index contributed by atoms with van der Waals surface area (Å²) >= 11 is 0. The van der Waals surface area contributed by atoms with E-state index >= 15 is 0 Å². The predicted molar refractivity (Wildman–Crippen MR) is 94.4 cm³/mol. The molecule has 1 aliphatic carbocycles. The average molecular weight is 379 g/mol. The van der Waals surface area contributed by atoms with Gasteiger partial charge in [-0.2, -0.15) is 13.2 Å². The van der Waals surface area contributed by atoms with Crippen LogP contribution in [0.5, 0.6) is 5.75 Å². The topological polar surface area (TPSA) is 24.5 Å². The molecule has 3 nitrogen and oxygen atoms in total. The maximum absolute atomic E-state index is 13.0. The molecular formula is C18H26ClF3N2O. The summed E-state index contributed by atoms with van der Waals surface area (Å²) in [6.07, 6.45) is 0.341.